The van der Waals surface area contributed by atoms with Crippen LogP contribution in [0.15, 0.2) is 24.3 Å². The summed E-state index contributed by atoms with van der Waals surface area (Å²) in [7, 11) is 0. The second-order valence-corrected chi connectivity index (χ2v) is 5.09. The fourth-order valence-electron chi connectivity index (χ4n) is 2.43. The molecule has 1 saturated heterocycles. The van der Waals surface area contributed by atoms with Crippen LogP contribution in [0.2, 0.25) is 0 Å². The average Bonchev–Trinajstić information content (AvgIpc) is 2.41. The first-order valence-corrected chi connectivity index (χ1v) is 6.40. The molecule has 2 N–H and O–H groups in total. The number of phenols is 1. The lowest BCUT2D eigenvalue weighted by Crippen LogP contribution is -2.37. The Labute approximate surface area is 103 Å². The molecule has 94 valence electrons. The van der Waals surface area contributed by atoms with Crippen molar-refractivity contribution in [2.75, 3.05) is 13.1 Å². The highest BCUT2D eigenvalue weighted by Gasteiger charge is 2.20. The predicted molar refractivity (Wildman–Crippen MR) is 70.1 cm³/mol. The number of hydrogen-bond donors (Lipinski definition) is 2. The predicted octanol–water partition coefficient (Wildman–Crippen LogP) is 1.96. The van der Waals surface area contributed by atoms with Gasteiger partial charge in [0.2, 0.25) is 0 Å². The third kappa shape index (κ3) is 3.45. The van der Waals surface area contributed by atoms with Gasteiger partial charge in [-0.25, -0.2) is 0 Å². The van der Waals surface area contributed by atoms with Gasteiger partial charge in [0.05, 0.1) is 0 Å². The lowest BCUT2D eigenvalue weighted by molar-refractivity contribution is 0.198. The summed E-state index contributed by atoms with van der Waals surface area (Å²) in [4.78, 5) is 2.49. The van der Waals surface area contributed by atoms with Gasteiger partial charge in [0.15, 0.2) is 0 Å². The quantitative estimate of drug-likeness (QED) is 0.821. The zero-order valence-electron chi connectivity index (χ0n) is 10.7. The van der Waals surface area contributed by atoms with Gasteiger partial charge >= 0.3 is 0 Å². The maximum Gasteiger partial charge on any atom is 0.115 e. The number of rotatable bonds is 2. The fraction of sp³-hybridized carbons (Fsp3) is 0.571. The Hall–Kier alpha value is -1.06. The molecule has 0 spiro atoms. The number of nitrogens with one attached hydrogen (secondary N) is 1. The molecule has 0 aliphatic carbocycles. The molecule has 2 unspecified atom stereocenters. The molecule has 1 aliphatic rings. The molecule has 2 atom stereocenters. The molecule has 3 heteroatoms. The van der Waals surface area contributed by atoms with Crippen molar-refractivity contribution in [1.29, 1.82) is 0 Å². The van der Waals surface area contributed by atoms with Gasteiger partial charge in [0, 0.05) is 25.2 Å². The molecule has 1 aromatic carbocycles. The van der Waals surface area contributed by atoms with Crippen LogP contribution in [0.4, 0.5) is 0 Å². The zero-order chi connectivity index (χ0) is 12.3. The van der Waals surface area contributed by atoms with E-state index in [2.05, 4.69) is 30.1 Å². The number of nitrogens with zero attached hydrogens (tertiary/aromatic N) is 1. The van der Waals surface area contributed by atoms with Crippen LogP contribution in [-0.2, 0) is 6.54 Å². The van der Waals surface area contributed by atoms with Crippen molar-refractivity contribution >= 4 is 0 Å². The second-order valence-electron chi connectivity index (χ2n) is 5.09. The molecule has 1 aromatic rings. The molecule has 0 bridgehead atoms. The molecule has 0 radical (unpaired) electrons. The van der Waals surface area contributed by atoms with Gasteiger partial charge in [-0.15, -0.1) is 0 Å². The fourth-order valence-corrected chi connectivity index (χ4v) is 2.43. The highest BCUT2D eigenvalue weighted by atomic mass is 16.3. The minimum absolute atomic E-state index is 0.358. The largest absolute Gasteiger partial charge is 0.508 e. The maximum absolute atomic E-state index is 9.49. The van der Waals surface area contributed by atoms with E-state index in [0.717, 1.165) is 19.6 Å². The van der Waals surface area contributed by atoms with E-state index in [4.69, 9.17) is 0 Å². The van der Waals surface area contributed by atoms with Crippen LogP contribution in [0.3, 0.4) is 0 Å². The highest BCUT2D eigenvalue weighted by molar-refractivity contribution is 5.27. The van der Waals surface area contributed by atoms with Gasteiger partial charge in [0.1, 0.15) is 5.75 Å². The molecule has 17 heavy (non-hydrogen) atoms. The Morgan fingerprint density at radius 3 is 3.00 bits per heavy atom. The summed E-state index contributed by atoms with van der Waals surface area (Å²) in [6, 6.07) is 8.70. The van der Waals surface area contributed by atoms with Crippen LogP contribution in [0, 0.1) is 0 Å². The van der Waals surface area contributed by atoms with Crippen molar-refractivity contribution in [2.24, 2.45) is 0 Å². The Morgan fingerprint density at radius 2 is 2.24 bits per heavy atom. The van der Waals surface area contributed by atoms with Crippen LogP contribution >= 0.6 is 0 Å². The van der Waals surface area contributed by atoms with Crippen LogP contribution in [-0.4, -0.2) is 35.2 Å². The van der Waals surface area contributed by atoms with Gasteiger partial charge in [-0.2, -0.15) is 0 Å². The molecule has 1 fully saturated rings. The lowest BCUT2D eigenvalue weighted by atomic mass is 10.1. The SMILES string of the molecule is CC1CN(Cc2cccc(O)c2)C(C)CCN1. The Balaban J connectivity index is 2.05. The number of hydrogen-bond acceptors (Lipinski definition) is 3. The van der Waals surface area contributed by atoms with Gasteiger partial charge < -0.3 is 10.4 Å². The third-order valence-corrected chi connectivity index (χ3v) is 3.48. The molecule has 0 amide bonds. The van der Waals surface area contributed by atoms with Crippen molar-refractivity contribution in [3.05, 3.63) is 29.8 Å². The van der Waals surface area contributed by atoms with Gasteiger partial charge in [-0.1, -0.05) is 12.1 Å². The first-order valence-electron chi connectivity index (χ1n) is 6.40. The van der Waals surface area contributed by atoms with E-state index in [1.165, 1.54) is 12.0 Å². The number of benzene rings is 1. The lowest BCUT2D eigenvalue weighted by Gasteiger charge is -2.28. The molecular weight excluding hydrogens is 212 g/mol. The topological polar surface area (TPSA) is 35.5 Å². The molecule has 0 saturated carbocycles. The van der Waals surface area contributed by atoms with Crippen LogP contribution in [0.25, 0.3) is 0 Å². The van der Waals surface area contributed by atoms with E-state index in [1.807, 2.05) is 12.1 Å². The number of phenolic OH excluding ortho intramolecular Hbond substituents is 1. The standard InChI is InChI=1S/C14H22N2O/c1-11-9-16(12(2)6-7-15-11)10-13-4-3-5-14(17)8-13/h3-5,8,11-12,15,17H,6-7,9-10H2,1-2H3. The van der Waals surface area contributed by atoms with E-state index in [0.29, 0.717) is 17.8 Å². The van der Waals surface area contributed by atoms with Gasteiger partial charge in [-0.05, 0) is 44.5 Å². The van der Waals surface area contributed by atoms with E-state index in [1.54, 1.807) is 6.07 Å². The van der Waals surface area contributed by atoms with Crippen LogP contribution < -0.4 is 5.32 Å². The minimum atomic E-state index is 0.358. The summed E-state index contributed by atoms with van der Waals surface area (Å²) in [5.74, 6) is 0.358. The Kier molecular flexibility index (Phi) is 4.02. The second kappa shape index (κ2) is 5.52. The van der Waals surface area contributed by atoms with E-state index in [-0.39, 0.29) is 0 Å². The van der Waals surface area contributed by atoms with Crippen LogP contribution in [0.1, 0.15) is 25.8 Å². The van der Waals surface area contributed by atoms with Crippen molar-refractivity contribution < 1.29 is 5.11 Å². The summed E-state index contributed by atoms with van der Waals surface area (Å²) in [5, 5.41) is 13.0. The average molecular weight is 234 g/mol. The Morgan fingerprint density at radius 1 is 1.41 bits per heavy atom. The first kappa shape index (κ1) is 12.4. The number of aromatic hydroxyl groups is 1. The minimum Gasteiger partial charge on any atom is -0.508 e. The molecule has 1 aliphatic heterocycles. The smallest absolute Gasteiger partial charge is 0.115 e. The van der Waals surface area contributed by atoms with Gasteiger partial charge in [-0.3, -0.25) is 4.90 Å². The summed E-state index contributed by atoms with van der Waals surface area (Å²) in [5.41, 5.74) is 1.19. The van der Waals surface area contributed by atoms with Crippen molar-refractivity contribution in [2.45, 2.75) is 38.9 Å². The van der Waals surface area contributed by atoms with Crippen molar-refractivity contribution in [3.8, 4) is 5.75 Å². The molecule has 2 rings (SSSR count). The molecule has 1 heterocycles. The normalized spacial score (nSPS) is 26.7. The van der Waals surface area contributed by atoms with Gasteiger partial charge in [0.25, 0.3) is 0 Å². The zero-order valence-corrected chi connectivity index (χ0v) is 10.7. The maximum atomic E-state index is 9.49. The molecule has 3 nitrogen and oxygen atoms in total. The Bertz CT molecular complexity index is 367. The summed E-state index contributed by atoms with van der Waals surface area (Å²) < 4.78 is 0. The van der Waals surface area contributed by atoms with E-state index < -0.39 is 0 Å². The molecule has 0 aromatic heterocycles. The summed E-state index contributed by atoms with van der Waals surface area (Å²) in [6.45, 7) is 7.59. The monoisotopic (exact) mass is 234 g/mol. The van der Waals surface area contributed by atoms with E-state index >= 15 is 0 Å². The van der Waals surface area contributed by atoms with Crippen LogP contribution in [0.5, 0.6) is 5.75 Å². The first-order chi connectivity index (χ1) is 8.15. The van der Waals surface area contributed by atoms with Crippen molar-refractivity contribution in [1.82, 2.24) is 10.2 Å². The van der Waals surface area contributed by atoms with Crippen molar-refractivity contribution in [3.63, 3.8) is 0 Å². The highest BCUT2D eigenvalue weighted by Crippen LogP contribution is 2.17. The summed E-state index contributed by atoms with van der Waals surface area (Å²) in [6.07, 6.45) is 1.18. The van der Waals surface area contributed by atoms with E-state index in [9.17, 15) is 5.11 Å². The summed E-state index contributed by atoms with van der Waals surface area (Å²) >= 11 is 0. The molecular formula is C14H22N2O. The third-order valence-electron chi connectivity index (χ3n) is 3.48.